The van der Waals surface area contributed by atoms with Crippen LogP contribution in [0.5, 0.6) is 0 Å². The fraction of sp³-hybridized carbons (Fsp3) is 0.333. The molecule has 2 aromatic carbocycles. The molecule has 0 aromatic heterocycles. The van der Waals surface area contributed by atoms with Gasteiger partial charge in [-0.1, -0.05) is 29.8 Å². The summed E-state index contributed by atoms with van der Waals surface area (Å²) in [6, 6.07) is 9.94. The van der Waals surface area contributed by atoms with Crippen LogP contribution >= 0.6 is 0 Å². The highest BCUT2D eigenvalue weighted by Crippen LogP contribution is 2.24. The molecule has 1 saturated carbocycles. The average molecular weight is 434 g/mol. The third-order valence-corrected chi connectivity index (χ3v) is 6.14. The van der Waals surface area contributed by atoms with Crippen molar-refractivity contribution in [1.29, 1.82) is 0 Å². The number of aryl methyl sites for hydroxylation is 1. The predicted molar refractivity (Wildman–Crippen MR) is 107 cm³/mol. The van der Waals surface area contributed by atoms with E-state index in [1.165, 1.54) is 31.2 Å². The Balaban J connectivity index is 1.72. The van der Waals surface area contributed by atoms with Crippen LogP contribution in [-0.2, 0) is 24.3 Å². The molecule has 160 valence electrons. The molecule has 2 atom stereocenters. The number of amides is 1. The first-order valence-corrected chi connectivity index (χ1v) is 11.0. The summed E-state index contributed by atoms with van der Waals surface area (Å²) in [6.07, 6.45) is 0.357. The lowest BCUT2D eigenvalue weighted by Gasteiger charge is -2.21. The topological polar surface area (TPSA) is 102 Å². The number of nitrogens with one attached hydrogen (secondary N) is 2. The van der Waals surface area contributed by atoms with Crippen LogP contribution < -0.4 is 10.0 Å². The molecular weight excluding hydrogens is 411 g/mol. The van der Waals surface area contributed by atoms with E-state index in [9.17, 15) is 22.4 Å². The van der Waals surface area contributed by atoms with Gasteiger partial charge in [0.05, 0.1) is 4.90 Å². The van der Waals surface area contributed by atoms with Gasteiger partial charge in [-0.3, -0.25) is 9.59 Å². The highest BCUT2D eigenvalue weighted by molar-refractivity contribution is 7.89. The van der Waals surface area contributed by atoms with Gasteiger partial charge in [0.25, 0.3) is 5.91 Å². The van der Waals surface area contributed by atoms with Crippen molar-refractivity contribution < 1.29 is 27.1 Å². The van der Waals surface area contributed by atoms with E-state index in [0.29, 0.717) is 0 Å². The predicted octanol–water partition coefficient (Wildman–Crippen LogP) is 2.36. The summed E-state index contributed by atoms with van der Waals surface area (Å²) in [4.78, 5) is 25.1. The fourth-order valence-electron chi connectivity index (χ4n) is 2.70. The zero-order valence-corrected chi connectivity index (χ0v) is 17.4. The molecule has 2 N–H and O–H groups in total. The maximum atomic E-state index is 13.2. The lowest BCUT2D eigenvalue weighted by atomic mass is 10.1. The molecule has 0 bridgehead atoms. The summed E-state index contributed by atoms with van der Waals surface area (Å²) < 4.78 is 45.8. The Morgan fingerprint density at radius 1 is 1.07 bits per heavy atom. The molecule has 7 nitrogen and oxygen atoms in total. The Morgan fingerprint density at radius 3 is 2.23 bits per heavy atom. The van der Waals surface area contributed by atoms with Gasteiger partial charge < -0.3 is 10.1 Å². The van der Waals surface area contributed by atoms with Crippen LogP contribution in [0.25, 0.3) is 0 Å². The number of ether oxygens (including phenoxy) is 1. The number of esters is 1. The molecule has 2 aromatic rings. The van der Waals surface area contributed by atoms with Gasteiger partial charge in [-0.15, -0.1) is 0 Å². The molecule has 9 heteroatoms. The Labute approximate surface area is 174 Å². The van der Waals surface area contributed by atoms with Gasteiger partial charge in [0.1, 0.15) is 11.9 Å². The van der Waals surface area contributed by atoms with E-state index in [1.54, 1.807) is 12.1 Å². The van der Waals surface area contributed by atoms with Gasteiger partial charge in [0.15, 0.2) is 0 Å². The molecular formula is C21H23FN2O5S. The number of benzene rings is 2. The lowest BCUT2D eigenvalue weighted by Crippen LogP contribution is -2.42. The Morgan fingerprint density at radius 2 is 1.67 bits per heavy atom. The van der Waals surface area contributed by atoms with Gasteiger partial charge in [-0.05, 0) is 51.0 Å². The van der Waals surface area contributed by atoms with Crippen LogP contribution in [0.3, 0.4) is 0 Å². The van der Waals surface area contributed by atoms with E-state index in [2.05, 4.69) is 10.0 Å². The van der Waals surface area contributed by atoms with Crippen molar-refractivity contribution in [2.75, 3.05) is 0 Å². The molecule has 1 aliphatic carbocycles. The molecule has 0 spiro atoms. The molecule has 0 saturated heterocycles. The quantitative estimate of drug-likeness (QED) is 0.621. The first-order valence-electron chi connectivity index (χ1n) is 9.51. The normalized spacial score (nSPS) is 15.8. The Bertz CT molecular complexity index is 1020. The standard InChI is InChI=1S/C21H23FN2O5S/c1-13-3-11-18(12-4-13)30(27,28)24-14(2)21(26)29-19(20(25)23-17-9-10-17)15-5-7-16(22)8-6-15/h3-8,11-12,14,17,19,24H,9-10H2,1-2H3,(H,23,25)/t14-,19?/m0/s1. The Hall–Kier alpha value is -2.78. The van der Waals surface area contributed by atoms with E-state index < -0.39 is 39.9 Å². The summed E-state index contributed by atoms with van der Waals surface area (Å²) in [5.41, 5.74) is 1.18. The highest BCUT2D eigenvalue weighted by atomic mass is 32.2. The van der Waals surface area contributed by atoms with Crippen molar-refractivity contribution in [2.24, 2.45) is 0 Å². The molecule has 1 fully saturated rings. The summed E-state index contributed by atoms with van der Waals surface area (Å²) >= 11 is 0. The van der Waals surface area contributed by atoms with Crippen molar-refractivity contribution in [1.82, 2.24) is 10.0 Å². The lowest BCUT2D eigenvalue weighted by molar-refractivity contribution is -0.157. The SMILES string of the molecule is Cc1ccc(S(=O)(=O)N[C@@H](C)C(=O)OC(C(=O)NC2CC2)c2ccc(F)cc2)cc1. The first-order chi connectivity index (χ1) is 14.2. The van der Waals surface area contributed by atoms with Crippen LogP contribution in [0.2, 0.25) is 0 Å². The summed E-state index contributed by atoms with van der Waals surface area (Å²) in [5.74, 6) is -1.96. The second kappa shape index (κ2) is 8.93. The van der Waals surface area contributed by atoms with Crippen molar-refractivity contribution in [3.8, 4) is 0 Å². The van der Waals surface area contributed by atoms with E-state index in [0.717, 1.165) is 30.5 Å². The highest BCUT2D eigenvalue weighted by Gasteiger charge is 2.33. The zero-order valence-electron chi connectivity index (χ0n) is 16.6. The maximum Gasteiger partial charge on any atom is 0.325 e. The van der Waals surface area contributed by atoms with Crippen LogP contribution in [-0.4, -0.2) is 32.4 Å². The van der Waals surface area contributed by atoms with Gasteiger partial charge in [-0.25, -0.2) is 12.8 Å². The van der Waals surface area contributed by atoms with E-state index in [4.69, 9.17) is 4.74 Å². The number of sulfonamides is 1. The monoisotopic (exact) mass is 434 g/mol. The molecule has 30 heavy (non-hydrogen) atoms. The van der Waals surface area contributed by atoms with E-state index in [-0.39, 0.29) is 16.5 Å². The summed E-state index contributed by atoms with van der Waals surface area (Å²) in [5, 5.41) is 2.74. The van der Waals surface area contributed by atoms with Gasteiger partial charge in [0, 0.05) is 11.6 Å². The van der Waals surface area contributed by atoms with Crippen LogP contribution in [0.4, 0.5) is 4.39 Å². The van der Waals surface area contributed by atoms with E-state index in [1.807, 2.05) is 6.92 Å². The third-order valence-electron chi connectivity index (χ3n) is 4.59. The second-order valence-electron chi connectivity index (χ2n) is 7.31. The number of carbonyl (C=O) groups is 2. The summed E-state index contributed by atoms with van der Waals surface area (Å²) in [7, 11) is -3.96. The largest absolute Gasteiger partial charge is 0.446 e. The molecule has 3 rings (SSSR count). The second-order valence-corrected chi connectivity index (χ2v) is 9.02. The molecule has 0 aliphatic heterocycles. The van der Waals surface area contributed by atoms with Gasteiger partial charge >= 0.3 is 5.97 Å². The average Bonchev–Trinajstić information content (AvgIpc) is 3.50. The summed E-state index contributed by atoms with van der Waals surface area (Å²) in [6.45, 7) is 3.15. The van der Waals surface area contributed by atoms with Crippen LogP contribution in [0, 0.1) is 12.7 Å². The van der Waals surface area contributed by atoms with Crippen molar-refractivity contribution >= 4 is 21.9 Å². The maximum absolute atomic E-state index is 13.2. The van der Waals surface area contributed by atoms with E-state index >= 15 is 0 Å². The molecule has 0 radical (unpaired) electrons. The fourth-order valence-corrected chi connectivity index (χ4v) is 3.89. The minimum absolute atomic E-state index is 0.00862. The smallest absolute Gasteiger partial charge is 0.325 e. The number of carbonyl (C=O) groups excluding carboxylic acids is 2. The molecule has 1 unspecified atom stereocenters. The van der Waals surface area contributed by atoms with Crippen molar-refractivity contribution in [2.45, 2.75) is 49.8 Å². The first kappa shape index (κ1) is 21.9. The van der Waals surface area contributed by atoms with Crippen molar-refractivity contribution in [3.63, 3.8) is 0 Å². The molecule has 0 heterocycles. The minimum atomic E-state index is -3.96. The van der Waals surface area contributed by atoms with Crippen molar-refractivity contribution in [3.05, 3.63) is 65.5 Å². The number of hydrogen-bond acceptors (Lipinski definition) is 5. The molecule has 1 aliphatic rings. The van der Waals surface area contributed by atoms with Crippen LogP contribution in [0.1, 0.15) is 37.0 Å². The third kappa shape index (κ3) is 5.64. The van der Waals surface area contributed by atoms with Gasteiger partial charge in [0.2, 0.25) is 16.1 Å². The van der Waals surface area contributed by atoms with Gasteiger partial charge in [-0.2, -0.15) is 4.72 Å². The molecule has 1 amide bonds. The Kier molecular flexibility index (Phi) is 6.52. The minimum Gasteiger partial charge on any atom is -0.446 e. The number of halogens is 1. The zero-order chi connectivity index (χ0) is 21.9. The number of rotatable bonds is 8. The van der Waals surface area contributed by atoms with Crippen LogP contribution in [0.15, 0.2) is 53.4 Å². The number of hydrogen-bond donors (Lipinski definition) is 2.